The zero-order valence-electron chi connectivity index (χ0n) is 18.5. The minimum absolute atomic E-state index is 0.140. The Bertz CT molecular complexity index is 1320. The van der Waals surface area contributed by atoms with Gasteiger partial charge in [0.15, 0.2) is 0 Å². The van der Waals surface area contributed by atoms with Gasteiger partial charge in [0.25, 0.3) is 0 Å². The van der Waals surface area contributed by atoms with Crippen molar-refractivity contribution in [2.24, 2.45) is 0 Å². The molecule has 0 spiro atoms. The van der Waals surface area contributed by atoms with Gasteiger partial charge in [-0.05, 0) is 83.7 Å². The summed E-state index contributed by atoms with van der Waals surface area (Å²) < 4.78 is 71.9. The molecule has 0 nitrogen and oxygen atoms in total. The fourth-order valence-corrected chi connectivity index (χ4v) is 4.25. The van der Waals surface area contributed by atoms with Crippen LogP contribution in [-0.2, 0) is 19.3 Å². The van der Waals surface area contributed by atoms with Gasteiger partial charge in [-0.15, -0.1) is 0 Å². The van der Waals surface area contributed by atoms with Gasteiger partial charge in [0.2, 0.25) is 0 Å². The monoisotopic (exact) mass is 488 g/mol. The molecule has 0 amide bonds. The van der Waals surface area contributed by atoms with E-state index in [9.17, 15) is 17.6 Å². The molecule has 0 fully saturated rings. The summed E-state index contributed by atoms with van der Waals surface area (Å²) in [6.45, 7) is 2.01. The van der Waals surface area contributed by atoms with E-state index in [-0.39, 0.29) is 18.4 Å². The Morgan fingerprint density at radius 3 is 1.94 bits per heavy atom. The molecule has 0 unspecified atom stereocenters. The topological polar surface area (TPSA) is 0 Å². The van der Waals surface area contributed by atoms with Crippen LogP contribution in [0.15, 0.2) is 54.6 Å². The molecule has 0 radical (unpaired) electrons. The molecular formula is C28H22ClF5. The van der Waals surface area contributed by atoms with Gasteiger partial charge in [0.05, 0.1) is 5.56 Å². The predicted octanol–water partition coefficient (Wildman–Crippen LogP) is 8.98. The van der Waals surface area contributed by atoms with Crippen LogP contribution in [-0.4, -0.2) is 0 Å². The van der Waals surface area contributed by atoms with E-state index in [4.69, 9.17) is 11.6 Å². The summed E-state index contributed by atoms with van der Waals surface area (Å²) in [7, 11) is 0. The Balaban J connectivity index is 1.61. The molecule has 4 aromatic carbocycles. The standard InChI is InChI=1S/C28H22ClF5/c1-2-3-4-16-11-22(30)26(23(31)12-16)20-9-10-21-19(15-20)8-7-18(28(21)34)6-5-17-13-24(32)27(29)25(33)14-17/h7-15H,2-6H2,1H3. The van der Waals surface area contributed by atoms with Gasteiger partial charge in [-0.1, -0.05) is 49.2 Å². The van der Waals surface area contributed by atoms with Crippen molar-refractivity contribution >= 4 is 22.4 Å². The van der Waals surface area contributed by atoms with Gasteiger partial charge in [-0.2, -0.15) is 0 Å². The van der Waals surface area contributed by atoms with E-state index < -0.39 is 34.1 Å². The second-order valence-corrected chi connectivity index (χ2v) is 8.76. The summed E-state index contributed by atoms with van der Waals surface area (Å²) in [6, 6.07) is 12.8. The van der Waals surface area contributed by atoms with Crippen LogP contribution < -0.4 is 0 Å². The summed E-state index contributed by atoms with van der Waals surface area (Å²) in [5.74, 6) is -3.49. The number of aryl methyl sites for hydroxylation is 3. The molecule has 0 aliphatic heterocycles. The summed E-state index contributed by atoms with van der Waals surface area (Å²) in [5.41, 5.74) is 1.52. The number of halogens is 6. The first-order chi connectivity index (χ1) is 16.3. The summed E-state index contributed by atoms with van der Waals surface area (Å²) in [6.07, 6.45) is 2.80. The van der Waals surface area contributed by atoms with Crippen molar-refractivity contribution in [2.75, 3.05) is 0 Å². The minimum Gasteiger partial charge on any atom is -0.206 e. The average Bonchev–Trinajstić information content (AvgIpc) is 2.80. The normalized spacial score (nSPS) is 11.4. The molecule has 0 aliphatic carbocycles. The Hall–Kier alpha value is -2.92. The number of hydrogen-bond acceptors (Lipinski definition) is 0. The lowest BCUT2D eigenvalue weighted by Crippen LogP contribution is -1.98. The van der Waals surface area contributed by atoms with Crippen molar-refractivity contribution in [1.29, 1.82) is 0 Å². The third kappa shape index (κ3) is 4.95. The van der Waals surface area contributed by atoms with Crippen LogP contribution in [0.1, 0.15) is 36.5 Å². The second-order valence-electron chi connectivity index (χ2n) is 8.39. The van der Waals surface area contributed by atoms with Gasteiger partial charge in [0.1, 0.15) is 34.1 Å². The van der Waals surface area contributed by atoms with Gasteiger partial charge >= 0.3 is 0 Å². The number of unbranched alkanes of at least 4 members (excludes halogenated alkanes) is 1. The molecular weight excluding hydrogens is 467 g/mol. The van der Waals surface area contributed by atoms with Crippen molar-refractivity contribution < 1.29 is 22.0 Å². The van der Waals surface area contributed by atoms with Gasteiger partial charge in [-0.3, -0.25) is 0 Å². The first-order valence-corrected chi connectivity index (χ1v) is 11.5. The number of fused-ring (bicyclic) bond motifs is 1. The van der Waals surface area contributed by atoms with Crippen molar-refractivity contribution in [2.45, 2.75) is 39.0 Å². The molecule has 0 atom stereocenters. The Morgan fingerprint density at radius 1 is 0.676 bits per heavy atom. The minimum atomic E-state index is -0.860. The van der Waals surface area contributed by atoms with E-state index >= 15 is 4.39 Å². The lowest BCUT2D eigenvalue weighted by molar-refractivity contribution is 0.579. The molecule has 0 saturated carbocycles. The van der Waals surface area contributed by atoms with Crippen LogP contribution in [0.2, 0.25) is 5.02 Å². The van der Waals surface area contributed by atoms with Crippen LogP contribution in [0, 0.1) is 29.1 Å². The Labute approximate surface area is 200 Å². The van der Waals surface area contributed by atoms with Crippen molar-refractivity contribution in [1.82, 2.24) is 0 Å². The SMILES string of the molecule is CCCCc1cc(F)c(-c2ccc3c(F)c(CCc4cc(F)c(Cl)c(F)c4)ccc3c2)c(F)c1. The van der Waals surface area contributed by atoms with E-state index in [1.807, 2.05) is 6.92 Å². The third-order valence-electron chi connectivity index (χ3n) is 5.97. The summed E-state index contributed by atoms with van der Waals surface area (Å²) in [4.78, 5) is 0. The van der Waals surface area contributed by atoms with Gasteiger partial charge < -0.3 is 0 Å². The van der Waals surface area contributed by atoms with E-state index in [1.165, 1.54) is 24.3 Å². The van der Waals surface area contributed by atoms with Gasteiger partial charge in [-0.25, -0.2) is 22.0 Å². The van der Waals surface area contributed by atoms with Crippen LogP contribution in [0.5, 0.6) is 0 Å². The maximum absolute atomic E-state index is 15.1. The molecule has 0 saturated heterocycles. The smallest absolute Gasteiger partial charge is 0.145 e. The first-order valence-electron chi connectivity index (χ1n) is 11.1. The largest absolute Gasteiger partial charge is 0.206 e. The predicted molar refractivity (Wildman–Crippen MR) is 127 cm³/mol. The number of rotatable bonds is 7. The maximum Gasteiger partial charge on any atom is 0.145 e. The third-order valence-corrected chi connectivity index (χ3v) is 6.33. The molecule has 4 aromatic rings. The first kappa shape index (κ1) is 24.2. The molecule has 6 heteroatoms. The van der Waals surface area contributed by atoms with Crippen molar-refractivity contribution in [3.63, 3.8) is 0 Å². The van der Waals surface area contributed by atoms with Crippen LogP contribution in [0.3, 0.4) is 0 Å². The Kier molecular flexibility index (Phi) is 7.22. The summed E-state index contributed by atoms with van der Waals surface area (Å²) in [5, 5.41) is 0.228. The van der Waals surface area contributed by atoms with Gasteiger partial charge in [0, 0.05) is 5.39 Å². The molecule has 176 valence electrons. The molecule has 0 aromatic heterocycles. The average molecular weight is 489 g/mol. The molecule has 0 aliphatic rings. The highest BCUT2D eigenvalue weighted by atomic mass is 35.5. The molecule has 0 N–H and O–H groups in total. The lowest BCUT2D eigenvalue weighted by atomic mass is 9.95. The van der Waals surface area contributed by atoms with Crippen molar-refractivity contribution in [3.05, 3.63) is 105 Å². The maximum atomic E-state index is 15.1. The lowest BCUT2D eigenvalue weighted by Gasteiger charge is -2.11. The van der Waals surface area contributed by atoms with E-state index in [1.54, 1.807) is 18.2 Å². The molecule has 4 rings (SSSR count). The molecule has 0 bridgehead atoms. The Morgan fingerprint density at radius 2 is 1.29 bits per heavy atom. The quantitative estimate of drug-likeness (QED) is 0.180. The highest BCUT2D eigenvalue weighted by molar-refractivity contribution is 6.30. The van der Waals surface area contributed by atoms with Crippen LogP contribution in [0.25, 0.3) is 21.9 Å². The zero-order chi connectivity index (χ0) is 24.4. The highest BCUT2D eigenvalue weighted by Gasteiger charge is 2.16. The van der Waals surface area contributed by atoms with Crippen LogP contribution >= 0.6 is 11.6 Å². The van der Waals surface area contributed by atoms with E-state index in [0.29, 0.717) is 39.4 Å². The zero-order valence-corrected chi connectivity index (χ0v) is 19.3. The molecule has 0 heterocycles. The second kappa shape index (κ2) is 10.1. The highest BCUT2D eigenvalue weighted by Crippen LogP contribution is 2.32. The number of benzene rings is 4. The van der Waals surface area contributed by atoms with E-state index in [0.717, 1.165) is 25.0 Å². The fraction of sp³-hybridized carbons (Fsp3) is 0.214. The van der Waals surface area contributed by atoms with Crippen molar-refractivity contribution in [3.8, 4) is 11.1 Å². The van der Waals surface area contributed by atoms with Crippen LogP contribution in [0.4, 0.5) is 22.0 Å². The summed E-state index contributed by atoms with van der Waals surface area (Å²) >= 11 is 5.50. The fourth-order valence-electron chi connectivity index (χ4n) is 4.14. The van der Waals surface area contributed by atoms with E-state index in [2.05, 4.69) is 0 Å². The molecule has 34 heavy (non-hydrogen) atoms. The number of hydrogen-bond donors (Lipinski definition) is 0.